The fourth-order valence-electron chi connectivity index (χ4n) is 3.86. The number of H-pyrrole nitrogens is 1. The van der Waals surface area contributed by atoms with Gasteiger partial charge in [-0.05, 0) is 43.5 Å². The van der Waals surface area contributed by atoms with E-state index in [4.69, 9.17) is 9.26 Å². The second kappa shape index (κ2) is 7.98. The zero-order valence-electron chi connectivity index (χ0n) is 16.3. The summed E-state index contributed by atoms with van der Waals surface area (Å²) in [5.41, 5.74) is 2.45. The predicted octanol–water partition coefficient (Wildman–Crippen LogP) is 3.75. The van der Waals surface area contributed by atoms with Crippen LogP contribution in [0.4, 0.5) is 0 Å². The van der Waals surface area contributed by atoms with Crippen LogP contribution in [0.25, 0.3) is 22.5 Å². The first-order chi connectivity index (χ1) is 14.8. The van der Waals surface area contributed by atoms with Gasteiger partial charge in [0, 0.05) is 6.54 Å². The van der Waals surface area contributed by atoms with E-state index in [1.807, 2.05) is 48.5 Å². The van der Waals surface area contributed by atoms with Crippen molar-refractivity contribution in [3.05, 3.63) is 60.7 Å². The average Bonchev–Trinajstić information content (AvgIpc) is 3.48. The zero-order valence-corrected chi connectivity index (χ0v) is 16.3. The molecule has 152 valence electrons. The number of benzene rings is 2. The van der Waals surface area contributed by atoms with Gasteiger partial charge in [0.1, 0.15) is 11.3 Å². The molecular formula is C22H21N5O3. The van der Waals surface area contributed by atoms with Gasteiger partial charge in [0.05, 0.1) is 23.4 Å². The van der Waals surface area contributed by atoms with Gasteiger partial charge in [-0.3, -0.25) is 4.79 Å². The Morgan fingerprint density at radius 3 is 2.97 bits per heavy atom. The molecule has 8 heteroatoms. The highest BCUT2D eigenvalue weighted by molar-refractivity contribution is 5.89. The molecule has 8 nitrogen and oxygen atoms in total. The first kappa shape index (κ1) is 18.4. The van der Waals surface area contributed by atoms with E-state index in [0.717, 1.165) is 35.9 Å². The SMILES string of the molecule is O=C(COc1ccccc1)N1CCCC[C@@H]1c1noc(-c2cccc3[nH]cnc23)n1. The largest absolute Gasteiger partial charge is 0.484 e. The average molecular weight is 403 g/mol. The maximum Gasteiger partial charge on any atom is 0.261 e. The Bertz CT molecular complexity index is 1150. The van der Waals surface area contributed by atoms with E-state index >= 15 is 0 Å². The Balaban J connectivity index is 1.36. The number of imidazole rings is 1. The molecule has 0 aliphatic carbocycles. The van der Waals surface area contributed by atoms with E-state index in [9.17, 15) is 4.79 Å². The summed E-state index contributed by atoms with van der Waals surface area (Å²) in [5.74, 6) is 1.52. The summed E-state index contributed by atoms with van der Waals surface area (Å²) in [6.07, 6.45) is 4.39. The molecule has 0 radical (unpaired) electrons. The molecule has 1 saturated heterocycles. The number of aromatic nitrogens is 4. The van der Waals surface area contributed by atoms with Gasteiger partial charge < -0.3 is 19.1 Å². The third-order valence-electron chi connectivity index (χ3n) is 5.35. The van der Waals surface area contributed by atoms with Crippen LogP contribution in [0, 0.1) is 0 Å². The number of likely N-dealkylation sites (tertiary alicyclic amines) is 1. The third-order valence-corrected chi connectivity index (χ3v) is 5.35. The molecule has 1 N–H and O–H groups in total. The smallest absolute Gasteiger partial charge is 0.261 e. The molecule has 0 spiro atoms. The van der Waals surface area contributed by atoms with Crippen LogP contribution < -0.4 is 4.74 Å². The van der Waals surface area contributed by atoms with Crippen LogP contribution in [0.15, 0.2) is 59.4 Å². The molecule has 1 aliphatic heterocycles. The van der Waals surface area contributed by atoms with Crippen LogP contribution in [0.3, 0.4) is 0 Å². The van der Waals surface area contributed by atoms with E-state index in [0.29, 0.717) is 24.0 Å². The number of carbonyl (C=O) groups is 1. The molecule has 0 unspecified atom stereocenters. The molecule has 5 rings (SSSR count). The van der Waals surface area contributed by atoms with Crippen LogP contribution in [0.1, 0.15) is 31.1 Å². The number of hydrogen-bond donors (Lipinski definition) is 1. The number of rotatable bonds is 5. The van der Waals surface area contributed by atoms with Crippen molar-refractivity contribution >= 4 is 16.9 Å². The first-order valence-electron chi connectivity index (χ1n) is 10.0. The summed E-state index contributed by atoms with van der Waals surface area (Å²) >= 11 is 0. The van der Waals surface area contributed by atoms with Crippen molar-refractivity contribution < 1.29 is 14.1 Å². The normalized spacial score (nSPS) is 16.7. The summed E-state index contributed by atoms with van der Waals surface area (Å²) in [4.78, 5) is 26.7. The van der Waals surface area contributed by atoms with Crippen molar-refractivity contribution in [3.63, 3.8) is 0 Å². The van der Waals surface area contributed by atoms with Crippen molar-refractivity contribution in [3.8, 4) is 17.2 Å². The molecule has 3 heterocycles. The van der Waals surface area contributed by atoms with Crippen LogP contribution >= 0.6 is 0 Å². The molecule has 4 aromatic rings. The minimum atomic E-state index is -0.221. The van der Waals surface area contributed by atoms with Gasteiger partial charge in [-0.15, -0.1) is 0 Å². The molecule has 1 fully saturated rings. The lowest BCUT2D eigenvalue weighted by atomic mass is 10.0. The summed E-state index contributed by atoms with van der Waals surface area (Å²) in [5, 5.41) is 4.20. The number of nitrogens with zero attached hydrogens (tertiary/aromatic N) is 4. The minimum absolute atomic E-state index is 0.0161. The number of amides is 1. The molecule has 1 amide bonds. The molecular weight excluding hydrogens is 382 g/mol. The fourth-order valence-corrected chi connectivity index (χ4v) is 3.86. The highest BCUT2D eigenvalue weighted by Crippen LogP contribution is 2.32. The first-order valence-corrected chi connectivity index (χ1v) is 10.0. The van der Waals surface area contributed by atoms with E-state index in [1.54, 1.807) is 11.2 Å². The van der Waals surface area contributed by atoms with Crippen molar-refractivity contribution in [2.24, 2.45) is 0 Å². The van der Waals surface area contributed by atoms with Gasteiger partial charge in [-0.1, -0.05) is 29.4 Å². The molecule has 30 heavy (non-hydrogen) atoms. The second-order valence-corrected chi connectivity index (χ2v) is 7.26. The van der Waals surface area contributed by atoms with Gasteiger partial charge in [-0.2, -0.15) is 4.98 Å². The predicted molar refractivity (Wildman–Crippen MR) is 110 cm³/mol. The van der Waals surface area contributed by atoms with Crippen LogP contribution in [-0.4, -0.2) is 44.1 Å². The Labute approximate surface area is 172 Å². The van der Waals surface area contributed by atoms with Gasteiger partial charge in [0.25, 0.3) is 11.8 Å². The minimum Gasteiger partial charge on any atom is -0.484 e. The van der Waals surface area contributed by atoms with E-state index in [-0.39, 0.29) is 18.6 Å². The number of hydrogen-bond acceptors (Lipinski definition) is 6. The highest BCUT2D eigenvalue weighted by atomic mass is 16.5. The van der Waals surface area contributed by atoms with E-state index < -0.39 is 0 Å². The lowest BCUT2D eigenvalue weighted by molar-refractivity contribution is -0.137. The van der Waals surface area contributed by atoms with Crippen molar-refractivity contribution in [2.45, 2.75) is 25.3 Å². The van der Waals surface area contributed by atoms with E-state index in [1.165, 1.54) is 0 Å². The Morgan fingerprint density at radius 1 is 1.17 bits per heavy atom. The number of nitrogens with one attached hydrogen (secondary N) is 1. The third kappa shape index (κ3) is 3.52. The maximum absolute atomic E-state index is 12.9. The van der Waals surface area contributed by atoms with Crippen molar-refractivity contribution in [1.29, 1.82) is 0 Å². The van der Waals surface area contributed by atoms with Gasteiger partial charge in [0.2, 0.25) is 0 Å². The summed E-state index contributed by atoms with van der Waals surface area (Å²) < 4.78 is 11.2. The van der Waals surface area contributed by atoms with Crippen LogP contribution in [-0.2, 0) is 4.79 Å². The standard InChI is InChI=1S/C22H21N5O3/c28-19(13-29-15-7-2-1-3-8-15)27-12-5-4-11-18(27)21-25-22(30-26-21)16-9-6-10-17-20(16)24-14-23-17/h1-3,6-10,14,18H,4-5,11-13H2,(H,23,24)/t18-/m1/s1. The lowest BCUT2D eigenvalue weighted by Gasteiger charge is -2.33. The Hall–Kier alpha value is -3.68. The highest BCUT2D eigenvalue weighted by Gasteiger charge is 2.32. The number of piperidine rings is 1. The number of fused-ring (bicyclic) bond motifs is 1. The quantitative estimate of drug-likeness (QED) is 0.545. The molecule has 0 saturated carbocycles. The van der Waals surface area contributed by atoms with Crippen molar-refractivity contribution in [2.75, 3.05) is 13.2 Å². The maximum atomic E-state index is 12.9. The molecule has 0 bridgehead atoms. The molecule has 2 aromatic heterocycles. The number of para-hydroxylation sites is 2. The van der Waals surface area contributed by atoms with Gasteiger partial charge in [-0.25, -0.2) is 4.98 Å². The fraction of sp³-hybridized carbons (Fsp3) is 0.273. The molecule has 1 aliphatic rings. The summed E-state index contributed by atoms with van der Waals surface area (Å²) in [6.45, 7) is 0.637. The summed E-state index contributed by atoms with van der Waals surface area (Å²) in [7, 11) is 0. The van der Waals surface area contributed by atoms with Gasteiger partial charge in [0.15, 0.2) is 12.4 Å². The van der Waals surface area contributed by atoms with Gasteiger partial charge >= 0.3 is 0 Å². The van der Waals surface area contributed by atoms with Crippen LogP contribution in [0.2, 0.25) is 0 Å². The number of ether oxygens (including phenoxy) is 1. The van der Waals surface area contributed by atoms with Crippen molar-refractivity contribution in [1.82, 2.24) is 25.0 Å². The second-order valence-electron chi connectivity index (χ2n) is 7.26. The van der Waals surface area contributed by atoms with Crippen LogP contribution in [0.5, 0.6) is 5.75 Å². The number of aromatic amines is 1. The topological polar surface area (TPSA) is 97.1 Å². The Morgan fingerprint density at radius 2 is 2.07 bits per heavy atom. The number of carbonyl (C=O) groups excluding carboxylic acids is 1. The molecule has 2 aromatic carbocycles. The van der Waals surface area contributed by atoms with E-state index in [2.05, 4.69) is 20.1 Å². The lowest BCUT2D eigenvalue weighted by Crippen LogP contribution is -2.41. The summed E-state index contributed by atoms with van der Waals surface area (Å²) in [6, 6.07) is 14.9. The monoisotopic (exact) mass is 403 g/mol. The Kier molecular flexibility index (Phi) is 4.88. The molecule has 1 atom stereocenters. The zero-order chi connectivity index (χ0) is 20.3.